The van der Waals surface area contributed by atoms with E-state index in [1.165, 1.54) is 12.1 Å². The van der Waals surface area contributed by atoms with Crippen LogP contribution in [0.5, 0.6) is 0 Å². The first-order valence-electron chi connectivity index (χ1n) is 6.49. The highest BCUT2D eigenvalue weighted by Gasteiger charge is 2.29. The van der Waals surface area contributed by atoms with Crippen LogP contribution in [0.2, 0.25) is 0 Å². The Labute approximate surface area is 119 Å². The van der Waals surface area contributed by atoms with Crippen molar-refractivity contribution in [3.8, 4) is 0 Å². The first-order chi connectivity index (χ1) is 9.95. The van der Waals surface area contributed by atoms with Crippen molar-refractivity contribution in [3.05, 3.63) is 29.8 Å². The van der Waals surface area contributed by atoms with Crippen molar-refractivity contribution >= 4 is 11.7 Å². The second-order valence-corrected chi connectivity index (χ2v) is 4.61. The van der Waals surface area contributed by atoms with Crippen molar-refractivity contribution < 1.29 is 22.7 Å². The molecule has 0 saturated carbocycles. The fourth-order valence-corrected chi connectivity index (χ4v) is 1.88. The summed E-state index contributed by atoms with van der Waals surface area (Å²) < 4.78 is 42.6. The zero-order valence-corrected chi connectivity index (χ0v) is 11.2. The van der Waals surface area contributed by atoms with Crippen molar-refractivity contribution in [3.63, 3.8) is 0 Å². The number of amides is 2. The molecule has 1 atom stereocenters. The molecule has 2 amide bonds. The van der Waals surface area contributed by atoms with E-state index in [0.717, 1.165) is 18.7 Å². The normalized spacial score (nSPS) is 19.1. The fourth-order valence-electron chi connectivity index (χ4n) is 1.88. The highest BCUT2D eigenvalue weighted by Crippen LogP contribution is 2.29. The number of morpholine rings is 1. The quantitative estimate of drug-likeness (QED) is 0.798. The first kappa shape index (κ1) is 15.6. The Bertz CT molecular complexity index is 471. The van der Waals surface area contributed by atoms with Gasteiger partial charge >= 0.3 is 12.2 Å². The van der Waals surface area contributed by atoms with Gasteiger partial charge in [-0.3, -0.25) is 0 Å². The number of nitrogens with one attached hydrogen (secondary N) is 3. The topological polar surface area (TPSA) is 62.4 Å². The number of carbonyl (C=O) groups excluding carboxylic acids is 1. The first-order valence-corrected chi connectivity index (χ1v) is 6.49. The van der Waals surface area contributed by atoms with Crippen LogP contribution >= 0.6 is 0 Å². The molecule has 0 aliphatic carbocycles. The summed E-state index contributed by atoms with van der Waals surface area (Å²) in [6, 6.07) is 3.78. The van der Waals surface area contributed by atoms with Gasteiger partial charge in [-0.2, -0.15) is 13.2 Å². The van der Waals surface area contributed by atoms with Gasteiger partial charge in [0.25, 0.3) is 0 Å². The highest BCUT2D eigenvalue weighted by atomic mass is 19.4. The molecule has 3 N–H and O–H groups in total. The van der Waals surface area contributed by atoms with Crippen LogP contribution in [0, 0.1) is 0 Å². The zero-order valence-electron chi connectivity index (χ0n) is 11.2. The molecule has 21 heavy (non-hydrogen) atoms. The molecule has 1 aromatic rings. The lowest BCUT2D eigenvalue weighted by molar-refractivity contribution is -0.137. The number of benzene rings is 1. The Kier molecular flexibility index (Phi) is 5.03. The molecule has 1 saturated heterocycles. The Morgan fingerprint density at radius 3 is 2.62 bits per heavy atom. The van der Waals surface area contributed by atoms with E-state index < -0.39 is 17.8 Å². The summed E-state index contributed by atoms with van der Waals surface area (Å²) in [5.74, 6) is 0. The molecule has 1 aliphatic rings. The number of carbonyl (C=O) groups is 1. The van der Waals surface area contributed by atoms with Gasteiger partial charge in [0.05, 0.1) is 18.3 Å². The van der Waals surface area contributed by atoms with E-state index in [1.807, 2.05) is 0 Å². The Morgan fingerprint density at radius 2 is 2.05 bits per heavy atom. The summed E-state index contributed by atoms with van der Waals surface area (Å²) in [6.45, 7) is 2.36. The van der Waals surface area contributed by atoms with Crippen LogP contribution in [0.3, 0.4) is 0 Å². The van der Waals surface area contributed by atoms with E-state index in [4.69, 9.17) is 4.74 Å². The maximum Gasteiger partial charge on any atom is 0.416 e. The summed E-state index contributed by atoms with van der Waals surface area (Å²) in [7, 11) is 0. The molecule has 2 rings (SSSR count). The number of hydrogen-bond donors (Lipinski definition) is 3. The van der Waals surface area contributed by atoms with Crippen LogP contribution in [-0.2, 0) is 10.9 Å². The minimum absolute atomic E-state index is 0.0999. The standard InChI is InChI=1S/C13H16F3N3O2/c14-13(15,16)9-1-3-10(4-2-9)19-12(20)18-8-11-7-17-5-6-21-11/h1-4,11,17H,5-8H2,(H2,18,19,20). The lowest BCUT2D eigenvalue weighted by Gasteiger charge is -2.23. The Hall–Kier alpha value is -1.80. The van der Waals surface area contributed by atoms with E-state index in [0.29, 0.717) is 25.4 Å². The number of ether oxygens (including phenoxy) is 1. The molecule has 0 radical (unpaired) electrons. The number of anilines is 1. The number of rotatable bonds is 3. The third-order valence-corrected chi connectivity index (χ3v) is 2.96. The van der Waals surface area contributed by atoms with Crippen molar-refractivity contribution in [2.45, 2.75) is 12.3 Å². The minimum atomic E-state index is -4.38. The molecular formula is C13H16F3N3O2. The van der Waals surface area contributed by atoms with Crippen LogP contribution in [0.1, 0.15) is 5.56 Å². The molecule has 1 fully saturated rings. The maximum atomic E-state index is 12.4. The number of hydrogen-bond acceptors (Lipinski definition) is 3. The third kappa shape index (κ3) is 4.91. The van der Waals surface area contributed by atoms with E-state index >= 15 is 0 Å². The lowest BCUT2D eigenvalue weighted by Crippen LogP contribution is -2.45. The molecule has 1 aromatic carbocycles. The minimum Gasteiger partial charge on any atom is -0.374 e. The summed E-state index contributed by atoms with van der Waals surface area (Å²) in [5, 5.41) is 8.20. The SMILES string of the molecule is O=C(NCC1CNCCO1)Nc1ccc(C(F)(F)F)cc1. The van der Waals surface area contributed by atoms with Gasteiger partial charge in [-0.15, -0.1) is 0 Å². The van der Waals surface area contributed by atoms with Crippen molar-refractivity contribution in [1.29, 1.82) is 0 Å². The second-order valence-electron chi connectivity index (χ2n) is 4.61. The lowest BCUT2D eigenvalue weighted by atomic mass is 10.2. The summed E-state index contributed by atoms with van der Waals surface area (Å²) in [4.78, 5) is 11.6. The van der Waals surface area contributed by atoms with Gasteiger partial charge in [-0.05, 0) is 24.3 Å². The smallest absolute Gasteiger partial charge is 0.374 e. The van der Waals surface area contributed by atoms with Gasteiger partial charge < -0.3 is 20.7 Å². The van der Waals surface area contributed by atoms with Gasteiger partial charge in [0.15, 0.2) is 0 Å². The van der Waals surface area contributed by atoms with Gasteiger partial charge in [-0.25, -0.2) is 4.79 Å². The van der Waals surface area contributed by atoms with Gasteiger partial charge in [-0.1, -0.05) is 0 Å². The van der Waals surface area contributed by atoms with Crippen LogP contribution in [0.25, 0.3) is 0 Å². The molecule has 0 aromatic heterocycles. The fraction of sp³-hybridized carbons (Fsp3) is 0.462. The third-order valence-electron chi connectivity index (χ3n) is 2.96. The highest BCUT2D eigenvalue weighted by molar-refractivity contribution is 5.89. The Morgan fingerprint density at radius 1 is 1.33 bits per heavy atom. The molecule has 8 heteroatoms. The monoisotopic (exact) mass is 303 g/mol. The van der Waals surface area contributed by atoms with Gasteiger partial charge in [0, 0.05) is 25.3 Å². The van der Waals surface area contributed by atoms with Crippen molar-refractivity contribution in [2.24, 2.45) is 0 Å². The van der Waals surface area contributed by atoms with Gasteiger partial charge in [0.1, 0.15) is 0 Å². The van der Waals surface area contributed by atoms with E-state index in [2.05, 4.69) is 16.0 Å². The summed E-state index contributed by atoms with van der Waals surface area (Å²) >= 11 is 0. The molecule has 1 aliphatic heterocycles. The molecule has 1 unspecified atom stereocenters. The molecule has 116 valence electrons. The van der Waals surface area contributed by atoms with Crippen molar-refractivity contribution in [2.75, 3.05) is 31.6 Å². The van der Waals surface area contributed by atoms with E-state index in [1.54, 1.807) is 0 Å². The van der Waals surface area contributed by atoms with Crippen molar-refractivity contribution in [1.82, 2.24) is 10.6 Å². The average molecular weight is 303 g/mol. The van der Waals surface area contributed by atoms with Crippen LogP contribution in [-0.4, -0.2) is 38.4 Å². The zero-order chi connectivity index (χ0) is 15.3. The van der Waals surface area contributed by atoms with Crippen LogP contribution in [0.4, 0.5) is 23.7 Å². The summed E-state index contributed by atoms with van der Waals surface area (Å²) in [6.07, 6.45) is -4.48. The second kappa shape index (κ2) is 6.77. The maximum absolute atomic E-state index is 12.4. The average Bonchev–Trinajstić information content (AvgIpc) is 2.46. The van der Waals surface area contributed by atoms with E-state index in [-0.39, 0.29) is 6.10 Å². The molecule has 0 bridgehead atoms. The summed E-state index contributed by atoms with van der Waals surface area (Å²) in [5.41, 5.74) is -0.460. The predicted octanol–water partition coefficient (Wildman–Crippen LogP) is 1.82. The predicted molar refractivity (Wildman–Crippen MR) is 71.1 cm³/mol. The van der Waals surface area contributed by atoms with E-state index in [9.17, 15) is 18.0 Å². The largest absolute Gasteiger partial charge is 0.416 e. The molecule has 5 nitrogen and oxygen atoms in total. The number of alkyl halides is 3. The molecule has 1 heterocycles. The van der Waals surface area contributed by atoms with Gasteiger partial charge in [0.2, 0.25) is 0 Å². The Balaban J connectivity index is 1.79. The number of halogens is 3. The van der Waals surface area contributed by atoms with Crippen LogP contribution in [0.15, 0.2) is 24.3 Å². The van der Waals surface area contributed by atoms with Crippen LogP contribution < -0.4 is 16.0 Å². The molecular weight excluding hydrogens is 287 g/mol. The molecule has 0 spiro atoms. The number of urea groups is 1.